The summed E-state index contributed by atoms with van der Waals surface area (Å²) in [5.74, 6) is -0.0180. The predicted octanol–water partition coefficient (Wildman–Crippen LogP) is 3.67. The molecule has 136 valence electrons. The number of nitrogens with one attached hydrogen (secondary N) is 1. The number of rotatable bonds is 6. The van der Waals surface area contributed by atoms with Crippen LogP contribution in [0.15, 0.2) is 65.4 Å². The molecule has 1 unspecified atom stereocenters. The Morgan fingerprint density at radius 1 is 1.22 bits per heavy atom. The van der Waals surface area contributed by atoms with E-state index in [1.54, 1.807) is 22.2 Å². The van der Waals surface area contributed by atoms with Crippen LogP contribution < -0.4 is 5.32 Å². The Labute approximate surface area is 164 Å². The van der Waals surface area contributed by atoms with Gasteiger partial charge >= 0.3 is 0 Å². The fourth-order valence-electron chi connectivity index (χ4n) is 2.63. The van der Waals surface area contributed by atoms with Crippen molar-refractivity contribution in [3.05, 3.63) is 65.2 Å². The molecular formula is C19H17N5OS2. The van der Waals surface area contributed by atoms with Gasteiger partial charge in [-0.3, -0.25) is 4.79 Å². The summed E-state index contributed by atoms with van der Waals surface area (Å²) < 4.78 is 1.78. The number of para-hydroxylation sites is 1. The van der Waals surface area contributed by atoms with Crippen molar-refractivity contribution in [3.8, 4) is 5.69 Å². The first-order valence-electron chi connectivity index (χ1n) is 8.43. The number of thiophene rings is 1. The molecule has 3 aromatic heterocycles. The number of carbonyl (C=O) groups excluding carboxylic acids is 1. The first kappa shape index (κ1) is 17.7. The van der Waals surface area contributed by atoms with Gasteiger partial charge in [-0.1, -0.05) is 36.0 Å². The van der Waals surface area contributed by atoms with Crippen molar-refractivity contribution in [2.45, 2.75) is 23.7 Å². The average Bonchev–Trinajstić information content (AvgIpc) is 3.37. The summed E-state index contributed by atoms with van der Waals surface area (Å²) in [6.45, 7) is 2.43. The smallest absolute Gasteiger partial charge is 0.233 e. The lowest BCUT2D eigenvalue weighted by molar-refractivity contribution is -0.120. The quantitative estimate of drug-likeness (QED) is 0.398. The summed E-state index contributed by atoms with van der Waals surface area (Å²) in [5.41, 5.74) is 1.66. The molecule has 1 aromatic carbocycles. The molecule has 1 N–H and O–H groups in total. The number of nitrogens with zero attached hydrogens (tertiary/aromatic N) is 4. The molecule has 6 nitrogen and oxygen atoms in total. The Kier molecular flexibility index (Phi) is 5.17. The number of hydrogen-bond acceptors (Lipinski definition) is 6. The van der Waals surface area contributed by atoms with E-state index in [2.05, 4.69) is 20.4 Å². The molecule has 0 aliphatic carbocycles. The zero-order valence-corrected chi connectivity index (χ0v) is 16.2. The number of benzene rings is 1. The van der Waals surface area contributed by atoms with Crippen LogP contribution in [-0.4, -0.2) is 30.9 Å². The van der Waals surface area contributed by atoms with Crippen molar-refractivity contribution < 1.29 is 4.79 Å². The van der Waals surface area contributed by atoms with Crippen LogP contribution in [0.25, 0.3) is 16.7 Å². The number of thioether (sulfide) groups is 1. The highest BCUT2D eigenvalue weighted by Gasteiger charge is 2.18. The molecule has 0 saturated heterocycles. The maximum Gasteiger partial charge on any atom is 0.233 e. The molecule has 0 saturated carbocycles. The topological polar surface area (TPSA) is 72.7 Å². The highest BCUT2D eigenvalue weighted by molar-refractivity contribution is 8.00. The van der Waals surface area contributed by atoms with Crippen molar-refractivity contribution in [3.63, 3.8) is 0 Å². The van der Waals surface area contributed by atoms with Crippen LogP contribution in [0.1, 0.15) is 11.8 Å². The van der Waals surface area contributed by atoms with E-state index in [-0.39, 0.29) is 11.2 Å². The Morgan fingerprint density at radius 2 is 2.07 bits per heavy atom. The van der Waals surface area contributed by atoms with Crippen LogP contribution in [-0.2, 0) is 11.3 Å². The van der Waals surface area contributed by atoms with Gasteiger partial charge in [-0.2, -0.15) is 5.10 Å². The van der Waals surface area contributed by atoms with Gasteiger partial charge in [-0.25, -0.2) is 14.6 Å². The summed E-state index contributed by atoms with van der Waals surface area (Å²) in [6, 6.07) is 13.8. The predicted molar refractivity (Wildman–Crippen MR) is 108 cm³/mol. The van der Waals surface area contributed by atoms with Crippen molar-refractivity contribution in [1.82, 2.24) is 25.1 Å². The van der Waals surface area contributed by atoms with E-state index in [1.165, 1.54) is 18.1 Å². The average molecular weight is 396 g/mol. The van der Waals surface area contributed by atoms with Gasteiger partial charge < -0.3 is 5.32 Å². The molecule has 4 aromatic rings. The van der Waals surface area contributed by atoms with E-state index >= 15 is 0 Å². The van der Waals surface area contributed by atoms with Crippen LogP contribution in [0.4, 0.5) is 0 Å². The summed E-state index contributed by atoms with van der Waals surface area (Å²) in [6.07, 6.45) is 3.27. The Hall–Kier alpha value is -2.71. The molecular weight excluding hydrogens is 378 g/mol. The van der Waals surface area contributed by atoms with E-state index < -0.39 is 0 Å². The number of hydrogen-bond donors (Lipinski definition) is 1. The van der Waals surface area contributed by atoms with Crippen molar-refractivity contribution in [2.75, 3.05) is 0 Å². The number of carbonyl (C=O) groups is 1. The minimum atomic E-state index is -0.275. The Bertz CT molecular complexity index is 1050. The van der Waals surface area contributed by atoms with Crippen LogP contribution in [0, 0.1) is 0 Å². The Balaban J connectivity index is 1.52. The lowest BCUT2D eigenvalue weighted by Crippen LogP contribution is -2.30. The van der Waals surface area contributed by atoms with Gasteiger partial charge in [0, 0.05) is 4.88 Å². The van der Waals surface area contributed by atoms with E-state index in [1.807, 2.05) is 54.8 Å². The first-order chi connectivity index (χ1) is 13.2. The van der Waals surface area contributed by atoms with Gasteiger partial charge in [0.05, 0.1) is 29.1 Å². The standard InChI is InChI=1S/C19H17N5OS2/c1-13(18(25)20-10-15-8-5-9-26-15)27-19-16-11-23-24(17(16)21-12-22-19)14-6-3-2-4-7-14/h2-9,11-13H,10H2,1H3,(H,20,25). The number of fused-ring (bicyclic) bond motifs is 1. The molecule has 0 aliphatic heterocycles. The van der Waals surface area contributed by atoms with Crippen LogP contribution in [0.2, 0.25) is 0 Å². The van der Waals surface area contributed by atoms with Gasteiger partial charge in [0.1, 0.15) is 11.4 Å². The maximum atomic E-state index is 12.4. The first-order valence-corrected chi connectivity index (χ1v) is 10.2. The molecule has 0 bridgehead atoms. The van der Waals surface area contributed by atoms with Crippen LogP contribution in [0.5, 0.6) is 0 Å². The molecule has 8 heteroatoms. The highest BCUT2D eigenvalue weighted by atomic mass is 32.2. The normalized spacial score (nSPS) is 12.2. The van der Waals surface area contributed by atoms with Gasteiger partial charge in [0.15, 0.2) is 5.65 Å². The van der Waals surface area contributed by atoms with Gasteiger partial charge in [-0.15, -0.1) is 11.3 Å². The highest BCUT2D eigenvalue weighted by Crippen LogP contribution is 2.28. The molecule has 0 aliphatic rings. The monoisotopic (exact) mass is 395 g/mol. The SMILES string of the molecule is CC(Sc1ncnc2c1cnn2-c1ccccc1)C(=O)NCc1cccs1. The van der Waals surface area contributed by atoms with Crippen molar-refractivity contribution >= 4 is 40.0 Å². The molecule has 4 rings (SSSR count). The fraction of sp³-hybridized carbons (Fsp3) is 0.158. The number of aromatic nitrogens is 4. The molecule has 1 amide bonds. The Morgan fingerprint density at radius 3 is 2.85 bits per heavy atom. The van der Waals surface area contributed by atoms with E-state index in [0.29, 0.717) is 6.54 Å². The lowest BCUT2D eigenvalue weighted by atomic mass is 10.3. The maximum absolute atomic E-state index is 12.4. The van der Waals surface area contributed by atoms with Crippen LogP contribution >= 0.6 is 23.1 Å². The summed E-state index contributed by atoms with van der Waals surface area (Å²) >= 11 is 3.04. The molecule has 1 atom stereocenters. The minimum absolute atomic E-state index is 0.0180. The fourth-order valence-corrected chi connectivity index (χ4v) is 4.18. The second-order valence-electron chi connectivity index (χ2n) is 5.87. The summed E-state index contributed by atoms with van der Waals surface area (Å²) in [5, 5.41) is 10.7. The summed E-state index contributed by atoms with van der Waals surface area (Å²) in [4.78, 5) is 22.3. The van der Waals surface area contributed by atoms with Gasteiger partial charge in [0.2, 0.25) is 5.91 Å². The lowest BCUT2D eigenvalue weighted by Gasteiger charge is -2.11. The molecule has 0 radical (unpaired) electrons. The number of amides is 1. The third kappa shape index (κ3) is 3.86. The van der Waals surface area contributed by atoms with Crippen molar-refractivity contribution in [2.24, 2.45) is 0 Å². The second kappa shape index (κ2) is 7.89. The molecule has 0 fully saturated rings. The molecule has 27 heavy (non-hydrogen) atoms. The zero-order valence-electron chi connectivity index (χ0n) is 14.6. The van der Waals surface area contributed by atoms with Crippen LogP contribution in [0.3, 0.4) is 0 Å². The molecule has 3 heterocycles. The van der Waals surface area contributed by atoms with E-state index in [4.69, 9.17) is 0 Å². The van der Waals surface area contributed by atoms with E-state index in [9.17, 15) is 4.79 Å². The largest absolute Gasteiger partial charge is 0.350 e. The van der Waals surface area contributed by atoms with Gasteiger partial charge in [-0.05, 0) is 30.5 Å². The second-order valence-corrected chi connectivity index (χ2v) is 8.23. The molecule has 0 spiro atoms. The third-order valence-corrected chi connectivity index (χ3v) is 6.00. The van der Waals surface area contributed by atoms with E-state index in [0.717, 1.165) is 26.6 Å². The van der Waals surface area contributed by atoms with Crippen molar-refractivity contribution in [1.29, 1.82) is 0 Å². The van der Waals surface area contributed by atoms with Gasteiger partial charge in [0.25, 0.3) is 0 Å². The zero-order chi connectivity index (χ0) is 18.6. The third-order valence-electron chi connectivity index (χ3n) is 4.00. The summed E-state index contributed by atoms with van der Waals surface area (Å²) in [7, 11) is 0. The minimum Gasteiger partial charge on any atom is -0.350 e.